The Morgan fingerprint density at radius 2 is 2.06 bits per heavy atom. The van der Waals surface area contributed by atoms with Crippen LogP contribution >= 0.6 is 0 Å². The molecule has 0 amide bonds. The van der Waals surface area contributed by atoms with Crippen molar-refractivity contribution in [3.63, 3.8) is 0 Å². The Balaban J connectivity index is 1.88. The van der Waals surface area contributed by atoms with Crippen LogP contribution in [0.15, 0.2) is 0 Å². The maximum absolute atomic E-state index is 6.21. The normalized spacial score (nSPS) is 23.2. The summed E-state index contributed by atoms with van der Waals surface area (Å²) in [5, 5.41) is 4.71. The number of aryl methyl sites for hydroxylation is 1. The summed E-state index contributed by atoms with van der Waals surface area (Å²) in [6.45, 7) is 4.34. The van der Waals surface area contributed by atoms with E-state index in [0.29, 0.717) is 6.04 Å². The van der Waals surface area contributed by atoms with E-state index in [1.165, 1.54) is 49.1 Å². The van der Waals surface area contributed by atoms with Crippen molar-refractivity contribution in [1.82, 2.24) is 9.78 Å². The highest BCUT2D eigenvalue weighted by Gasteiger charge is 2.39. The predicted octanol–water partition coefficient (Wildman–Crippen LogP) is 2.26. The molecule has 0 aromatic carbocycles. The van der Waals surface area contributed by atoms with E-state index >= 15 is 0 Å². The number of hydrogen-bond acceptors (Lipinski definition) is 2. The van der Waals surface area contributed by atoms with Gasteiger partial charge in [-0.1, -0.05) is 0 Å². The molecule has 88 valence electrons. The summed E-state index contributed by atoms with van der Waals surface area (Å²) in [5.41, 5.74) is 10.3. The summed E-state index contributed by atoms with van der Waals surface area (Å²) in [5.74, 6) is 0. The van der Waals surface area contributed by atoms with Crippen molar-refractivity contribution in [3.8, 4) is 0 Å². The highest BCUT2D eigenvalue weighted by atomic mass is 15.3. The van der Waals surface area contributed by atoms with Crippen molar-refractivity contribution >= 4 is 0 Å². The third-order valence-corrected chi connectivity index (χ3v) is 4.32. The molecule has 3 nitrogen and oxygen atoms in total. The SMILES string of the molecule is Cc1nn(C2CCC2)c(C)c1CC1(N)CC1. The van der Waals surface area contributed by atoms with Crippen molar-refractivity contribution in [2.24, 2.45) is 5.73 Å². The molecule has 0 aliphatic heterocycles. The van der Waals surface area contributed by atoms with Crippen molar-refractivity contribution in [2.75, 3.05) is 0 Å². The summed E-state index contributed by atoms with van der Waals surface area (Å²) in [4.78, 5) is 0. The quantitative estimate of drug-likeness (QED) is 0.847. The van der Waals surface area contributed by atoms with Gasteiger partial charge in [0.15, 0.2) is 0 Å². The van der Waals surface area contributed by atoms with Crippen LogP contribution in [-0.2, 0) is 6.42 Å². The van der Waals surface area contributed by atoms with E-state index < -0.39 is 0 Å². The van der Waals surface area contributed by atoms with Crippen LogP contribution < -0.4 is 5.73 Å². The van der Waals surface area contributed by atoms with E-state index in [9.17, 15) is 0 Å². The molecule has 0 atom stereocenters. The molecule has 2 fully saturated rings. The van der Waals surface area contributed by atoms with E-state index in [1.807, 2.05) is 0 Å². The van der Waals surface area contributed by atoms with Gasteiger partial charge in [-0.3, -0.25) is 4.68 Å². The minimum absolute atomic E-state index is 0.100. The molecule has 0 spiro atoms. The molecule has 2 N–H and O–H groups in total. The van der Waals surface area contributed by atoms with Gasteiger partial charge in [0, 0.05) is 11.2 Å². The van der Waals surface area contributed by atoms with Gasteiger partial charge < -0.3 is 5.73 Å². The summed E-state index contributed by atoms with van der Waals surface area (Å²) in [6.07, 6.45) is 7.35. The Morgan fingerprint density at radius 3 is 2.56 bits per heavy atom. The maximum Gasteiger partial charge on any atom is 0.0629 e. The average Bonchev–Trinajstić information content (AvgIpc) is 2.82. The van der Waals surface area contributed by atoms with Gasteiger partial charge in [0.05, 0.1) is 11.7 Å². The smallest absolute Gasteiger partial charge is 0.0629 e. The number of aromatic nitrogens is 2. The average molecular weight is 219 g/mol. The first-order chi connectivity index (χ1) is 7.59. The molecule has 0 saturated heterocycles. The Morgan fingerprint density at radius 1 is 1.38 bits per heavy atom. The molecular weight excluding hydrogens is 198 g/mol. The van der Waals surface area contributed by atoms with E-state index in [0.717, 1.165) is 6.42 Å². The number of nitrogens with zero attached hydrogens (tertiary/aromatic N) is 2. The Hall–Kier alpha value is -0.830. The molecule has 16 heavy (non-hydrogen) atoms. The maximum atomic E-state index is 6.21. The van der Waals surface area contributed by atoms with Gasteiger partial charge in [0.1, 0.15) is 0 Å². The molecule has 2 aliphatic rings. The van der Waals surface area contributed by atoms with Crippen molar-refractivity contribution < 1.29 is 0 Å². The van der Waals surface area contributed by atoms with Gasteiger partial charge in [-0.15, -0.1) is 0 Å². The first kappa shape index (κ1) is 10.3. The Kier molecular flexibility index (Phi) is 2.15. The van der Waals surface area contributed by atoms with Crippen LogP contribution in [0.4, 0.5) is 0 Å². The second-order valence-corrected chi connectivity index (χ2v) is 5.72. The van der Waals surface area contributed by atoms with Crippen LogP contribution in [-0.4, -0.2) is 15.3 Å². The zero-order chi connectivity index (χ0) is 11.3. The molecule has 1 aromatic rings. The Bertz CT molecular complexity index is 411. The van der Waals surface area contributed by atoms with Crippen molar-refractivity contribution in [3.05, 3.63) is 17.0 Å². The lowest BCUT2D eigenvalue weighted by Crippen LogP contribution is -2.25. The third-order valence-electron chi connectivity index (χ3n) is 4.32. The number of rotatable bonds is 3. The second-order valence-electron chi connectivity index (χ2n) is 5.72. The molecular formula is C13H21N3. The van der Waals surface area contributed by atoms with Gasteiger partial charge in [0.2, 0.25) is 0 Å². The van der Waals surface area contributed by atoms with E-state index in [-0.39, 0.29) is 5.54 Å². The lowest BCUT2D eigenvalue weighted by atomic mass is 9.93. The molecule has 2 aliphatic carbocycles. The van der Waals surface area contributed by atoms with Crippen molar-refractivity contribution in [1.29, 1.82) is 0 Å². The van der Waals surface area contributed by atoms with E-state index in [2.05, 4.69) is 18.5 Å². The van der Waals surface area contributed by atoms with Gasteiger partial charge in [0.25, 0.3) is 0 Å². The summed E-state index contributed by atoms with van der Waals surface area (Å²) in [7, 11) is 0. The summed E-state index contributed by atoms with van der Waals surface area (Å²) >= 11 is 0. The van der Waals surface area contributed by atoms with Crippen LogP contribution in [0.2, 0.25) is 0 Å². The highest BCUT2D eigenvalue weighted by molar-refractivity contribution is 5.29. The second kappa shape index (κ2) is 3.33. The minimum Gasteiger partial charge on any atom is -0.325 e. The summed E-state index contributed by atoms with van der Waals surface area (Å²) < 4.78 is 2.25. The number of nitrogens with two attached hydrogens (primary N) is 1. The molecule has 0 radical (unpaired) electrons. The van der Waals surface area contributed by atoms with Gasteiger partial charge in [-0.05, 0) is 57.9 Å². The first-order valence-electron chi connectivity index (χ1n) is 6.42. The zero-order valence-electron chi connectivity index (χ0n) is 10.3. The molecule has 3 rings (SSSR count). The molecule has 3 heteroatoms. The monoisotopic (exact) mass is 219 g/mol. The Labute approximate surface area is 97.0 Å². The summed E-state index contributed by atoms with van der Waals surface area (Å²) in [6, 6.07) is 0.667. The predicted molar refractivity (Wildman–Crippen MR) is 64.4 cm³/mol. The van der Waals surface area contributed by atoms with E-state index in [1.54, 1.807) is 0 Å². The van der Waals surface area contributed by atoms with Crippen LogP contribution in [0.25, 0.3) is 0 Å². The van der Waals surface area contributed by atoms with Crippen LogP contribution in [0.1, 0.15) is 55.1 Å². The standard InChI is InChI=1S/C13H21N3/c1-9-12(8-13(14)6-7-13)10(2)16(15-9)11-4-3-5-11/h11H,3-8,14H2,1-2H3. The molecule has 1 aromatic heterocycles. The minimum atomic E-state index is 0.100. The molecule has 2 saturated carbocycles. The fourth-order valence-corrected chi connectivity index (χ4v) is 2.63. The van der Waals surface area contributed by atoms with Crippen LogP contribution in [0.5, 0.6) is 0 Å². The molecule has 0 bridgehead atoms. The lowest BCUT2D eigenvalue weighted by molar-refractivity contribution is 0.284. The fraction of sp³-hybridized carbons (Fsp3) is 0.769. The largest absolute Gasteiger partial charge is 0.325 e. The first-order valence-corrected chi connectivity index (χ1v) is 6.42. The topological polar surface area (TPSA) is 43.8 Å². The lowest BCUT2D eigenvalue weighted by Gasteiger charge is -2.27. The van der Waals surface area contributed by atoms with E-state index in [4.69, 9.17) is 10.8 Å². The fourth-order valence-electron chi connectivity index (χ4n) is 2.63. The van der Waals surface area contributed by atoms with Gasteiger partial charge >= 0.3 is 0 Å². The molecule has 1 heterocycles. The highest BCUT2D eigenvalue weighted by Crippen LogP contribution is 2.38. The van der Waals surface area contributed by atoms with Gasteiger partial charge in [-0.2, -0.15) is 5.10 Å². The van der Waals surface area contributed by atoms with Gasteiger partial charge in [-0.25, -0.2) is 0 Å². The third kappa shape index (κ3) is 1.58. The molecule has 0 unspecified atom stereocenters. The van der Waals surface area contributed by atoms with Crippen LogP contribution in [0, 0.1) is 13.8 Å². The number of hydrogen-bond donors (Lipinski definition) is 1. The zero-order valence-corrected chi connectivity index (χ0v) is 10.3. The van der Waals surface area contributed by atoms with Crippen LogP contribution in [0.3, 0.4) is 0 Å². The van der Waals surface area contributed by atoms with Crippen molar-refractivity contribution in [2.45, 2.75) is 64.0 Å².